The average Bonchev–Trinajstić information content (AvgIpc) is 2.88. The number of aliphatic carboxylic acids is 1. The number of hydrogen-bond donors (Lipinski definition) is 4. The zero-order valence-corrected chi connectivity index (χ0v) is 23.0. The predicted octanol–water partition coefficient (Wildman–Crippen LogP) is 1.93. The van der Waals surface area contributed by atoms with E-state index in [4.69, 9.17) is 14.6 Å². The molecule has 0 aromatic heterocycles. The number of benzene rings is 2. The van der Waals surface area contributed by atoms with Gasteiger partial charge in [0.25, 0.3) is 11.9 Å². The molecule has 0 heterocycles. The number of ketones is 2. The minimum absolute atomic E-state index is 0.123. The van der Waals surface area contributed by atoms with Crippen LogP contribution >= 0.6 is 0 Å². The summed E-state index contributed by atoms with van der Waals surface area (Å²) in [5, 5.41) is 14.8. The third-order valence-electron chi connectivity index (χ3n) is 5.33. The number of methoxy groups -OCH3 is 1. The highest BCUT2D eigenvalue weighted by Gasteiger charge is 2.25. The first kappa shape index (κ1) is 33.4. The van der Waals surface area contributed by atoms with Crippen LogP contribution in [0.15, 0.2) is 42.5 Å². The first-order valence-corrected chi connectivity index (χ1v) is 12.3. The molecular weight excluding hydrogens is 525 g/mol. The number of carbonyl (C=O) groups is 6. The Hall–Kier alpha value is -4.61. The van der Waals surface area contributed by atoms with E-state index < -0.39 is 47.9 Å². The van der Waals surface area contributed by atoms with Gasteiger partial charge in [-0.1, -0.05) is 26.0 Å². The fraction of sp³-hybridized carbons (Fsp3) is 0.357. The van der Waals surface area contributed by atoms with Crippen molar-refractivity contribution in [2.45, 2.75) is 40.2 Å². The summed E-state index contributed by atoms with van der Waals surface area (Å²) in [5.41, 5.74) is 0.728. The molecule has 216 valence electrons. The van der Waals surface area contributed by atoms with E-state index >= 15 is 0 Å². The Labute approximate surface area is 231 Å². The molecule has 0 radical (unpaired) electrons. The Morgan fingerprint density at radius 3 is 2.10 bits per heavy atom. The zero-order valence-electron chi connectivity index (χ0n) is 23.0. The van der Waals surface area contributed by atoms with Gasteiger partial charge >= 0.3 is 0 Å². The van der Waals surface area contributed by atoms with Gasteiger partial charge in [-0.25, -0.2) is 4.39 Å². The van der Waals surface area contributed by atoms with Crippen LogP contribution in [0.1, 0.15) is 54.0 Å². The Morgan fingerprint density at radius 1 is 0.950 bits per heavy atom. The van der Waals surface area contributed by atoms with Gasteiger partial charge in [-0.2, -0.15) is 0 Å². The fourth-order valence-electron chi connectivity index (χ4n) is 3.35. The lowest BCUT2D eigenvalue weighted by molar-refractivity contribution is -0.134. The number of halogens is 1. The molecule has 0 saturated carbocycles. The molecule has 2 aromatic rings. The van der Waals surface area contributed by atoms with Gasteiger partial charge in [-0.05, 0) is 43.2 Å². The maximum absolute atomic E-state index is 13.7. The van der Waals surface area contributed by atoms with Crippen molar-refractivity contribution in [1.29, 1.82) is 0 Å². The van der Waals surface area contributed by atoms with Crippen molar-refractivity contribution in [3.8, 4) is 5.75 Å². The molecule has 12 heteroatoms. The first-order chi connectivity index (χ1) is 18.8. The van der Waals surface area contributed by atoms with Gasteiger partial charge in [0.2, 0.25) is 11.8 Å². The lowest BCUT2D eigenvalue weighted by Gasteiger charge is -2.22. The van der Waals surface area contributed by atoms with E-state index in [-0.39, 0.29) is 30.2 Å². The number of ether oxygens (including phenoxy) is 1. The molecule has 0 spiro atoms. The molecule has 11 nitrogen and oxygen atoms in total. The average molecular weight is 560 g/mol. The van der Waals surface area contributed by atoms with Crippen LogP contribution in [-0.2, 0) is 25.6 Å². The molecule has 2 aromatic carbocycles. The molecular formula is C28H34FN3O8. The van der Waals surface area contributed by atoms with Gasteiger partial charge in [0.1, 0.15) is 17.6 Å². The van der Waals surface area contributed by atoms with Gasteiger partial charge in [-0.15, -0.1) is 0 Å². The number of hydrogen-bond acceptors (Lipinski definition) is 7. The van der Waals surface area contributed by atoms with Crippen LogP contribution in [0.25, 0.3) is 0 Å². The number of Topliss-reactive ketones (excluding diaryl/α,β-unsaturated/α-hetero) is 2. The molecule has 0 aliphatic rings. The number of carboxylic acid groups (broad SMARTS) is 1. The Bertz CT molecular complexity index is 1240. The summed E-state index contributed by atoms with van der Waals surface area (Å²) in [6.45, 7) is 5.18. The van der Waals surface area contributed by atoms with Gasteiger partial charge in [-0.3, -0.25) is 28.8 Å². The van der Waals surface area contributed by atoms with Crippen LogP contribution in [0, 0.1) is 11.7 Å². The number of carbonyl (C=O) groups excluding carboxylic acids is 5. The number of nitrogens with one attached hydrogen (secondary N) is 3. The van der Waals surface area contributed by atoms with Crippen LogP contribution in [0.5, 0.6) is 5.75 Å². The third kappa shape index (κ3) is 11.4. The summed E-state index contributed by atoms with van der Waals surface area (Å²) in [6, 6.07) is 9.20. The molecule has 1 atom stereocenters. The van der Waals surface area contributed by atoms with Crippen molar-refractivity contribution in [3.63, 3.8) is 0 Å². The quantitative estimate of drug-likeness (QED) is 0.286. The fourth-order valence-corrected chi connectivity index (χ4v) is 3.35. The van der Waals surface area contributed by atoms with E-state index in [9.17, 15) is 28.4 Å². The molecule has 3 amide bonds. The summed E-state index contributed by atoms with van der Waals surface area (Å²) in [6.07, 6.45) is -0.123. The SMILES string of the molecule is CC(=O)O.COc1ccc(C(C)=O)cc1CC(=O)NC(C(=O)NCC(=O)CNC(=O)c1ccccc1F)C(C)C. The lowest BCUT2D eigenvalue weighted by Crippen LogP contribution is -2.51. The summed E-state index contributed by atoms with van der Waals surface area (Å²) in [4.78, 5) is 70.2. The minimum atomic E-state index is -0.930. The molecule has 0 aliphatic carbocycles. The van der Waals surface area contributed by atoms with E-state index in [1.54, 1.807) is 32.0 Å². The largest absolute Gasteiger partial charge is 0.496 e. The maximum Gasteiger partial charge on any atom is 0.300 e. The standard InChI is InChI=1S/C26H30FN3O6.C2H4O2/c1-15(2)24(30-23(33)12-18-11-17(16(3)31)9-10-22(18)36-4)26(35)29-14-19(32)13-28-25(34)20-7-5-6-8-21(20)27;1-2(3)4/h5-11,15,24H,12-14H2,1-4H3,(H,28,34)(H,29,35)(H,30,33);1H3,(H,3,4). The zero-order chi connectivity index (χ0) is 30.4. The van der Waals surface area contributed by atoms with Gasteiger partial charge < -0.3 is 25.8 Å². The number of rotatable bonds is 12. The summed E-state index contributed by atoms with van der Waals surface area (Å²) < 4.78 is 18.9. The topological polar surface area (TPSA) is 168 Å². The van der Waals surface area contributed by atoms with E-state index in [1.165, 1.54) is 32.2 Å². The predicted molar refractivity (Wildman–Crippen MR) is 144 cm³/mol. The van der Waals surface area contributed by atoms with Crippen LogP contribution in [0.2, 0.25) is 0 Å². The molecule has 40 heavy (non-hydrogen) atoms. The van der Waals surface area contributed by atoms with E-state index in [1.807, 2.05) is 0 Å². The van der Waals surface area contributed by atoms with Crippen LogP contribution in [0.3, 0.4) is 0 Å². The second-order valence-corrected chi connectivity index (χ2v) is 8.99. The maximum atomic E-state index is 13.7. The van der Waals surface area contributed by atoms with Crippen LogP contribution in [0.4, 0.5) is 4.39 Å². The lowest BCUT2D eigenvalue weighted by atomic mass is 10.0. The number of amides is 3. The minimum Gasteiger partial charge on any atom is -0.496 e. The monoisotopic (exact) mass is 559 g/mol. The highest BCUT2D eigenvalue weighted by molar-refractivity contribution is 5.98. The van der Waals surface area contributed by atoms with E-state index in [0.717, 1.165) is 13.0 Å². The summed E-state index contributed by atoms with van der Waals surface area (Å²) in [5.74, 6) is -3.86. The smallest absolute Gasteiger partial charge is 0.300 e. The molecule has 0 saturated heterocycles. The Morgan fingerprint density at radius 2 is 1.55 bits per heavy atom. The molecule has 4 N–H and O–H groups in total. The van der Waals surface area contributed by atoms with Crippen molar-refractivity contribution < 1.29 is 43.0 Å². The summed E-state index contributed by atoms with van der Waals surface area (Å²) in [7, 11) is 1.45. The van der Waals surface area contributed by atoms with Crippen LogP contribution < -0.4 is 20.7 Å². The molecule has 2 rings (SSSR count). The van der Waals surface area contributed by atoms with Crippen LogP contribution in [-0.4, -0.2) is 66.6 Å². The van der Waals surface area contributed by atoms with Crippen molar-refractivity contribution in [2.75, 3.05) is 20.2 Å². The highest BCUT2D eigenvalue weighted by Crippen LogP contribution is 2.21. The van der Waals surface area contributed by atoms with Crippen molar-refractivity contribution >= 4 is 35.3 Å². The molecule has 0 aliphatic heterocycles. The van der Waals surface area contributed by atoms with Gasteiger partial charge in [0.05, 0.1) is 32.2 Å². The molecule has 1 unspecified atom stereocenters. The Kier molecular flexibility index (Phi) is 13.7. The second kappa shape index (κ2) is 16.4. The first-order valence-electron chi connectivity index (χ1n) is 12.3. The molecule has 0 bridgehead atoms. The van der Waals surface area contributed by atoms with E-state index in [2.05, 4.69) is 16.0 Å². The van der Waals surface area contributed by atoms with Crippen molar-refractivity contribution in [3.05, 3.63) is 65.0 Å². The number of carboxylic acids is 1. The van der Waals surface area contributed by atoms with Crippen molar-refractivity contribution in [2.24, 2.45) is 5.92 Å². The third-order valence-corrected chi connectivity index (χ3v) is 5.33. The van der Waals surface area contributed by atoms with Crippen molar-refractivity contribution in [1.82, 2.24) is 16.0 Å². The van der Waals surface area contributed by atoms with E-state index in [0.29, 0.717) is 16.9 Å². The highest BCUT2D eigenvalue weighted by atomic mass is 19.1. The summed E-state index contributed by atoms with van der Waals surface area (Å²) >= 11 is 0. The Balaban J connectivity index is 0.00000187. The van der Waals surface area contributed by atoms with Gasteiger partial charge in [0.15, 0.2) is 11.6 Å². The van der Waals surface area contributed by atoms with Gasteiger partial charge in [0, 0.05) is 18.1 Å². The normalized spacial score (nSPS) is 10.9. The second-order valence-electron chi connectivity index (χ2n) is 8.99. The molecule has 0 fully saturated rings.